The van der Waals surface area contributed by atoms with E-state index in [2.05, 4.69) is 16.7 Å². The maximum Gasteiger partial charge on any atom is 0.104 e. The van der Waals surface area contributed by atoms with Crippen LogP contribution in [0.2, 0.25) is 0 Å². The van der Waals surface area contributed by atoms with E-state index in [-0.39, 0.29) is 6.61 Å². The number of nitrogens with zero attached hydrogens (tertiary/aromatic N) is 1. The van der Waals surface area contributed by atoms with Crippen molar-refractivity contribution in [2.75, 3.05) is 20.2 Å². The van der Waals surface area contributed by atoms with Gasteiger partial charge in [0.15, 0.2) is 0 Å². The third kappa shape index (κ3) is 5.83. The number of hydrogen-bond acceptors (Lipinski definition) is 3. The van der Waals surface area contributed by atoms with Gasteiger partial charge in [0, 0.05) is 18.7 Å². The molecule has 3 nitrogen and oxygen atoms in total. The molecule has 0 atom stereocenters. The summed E-state index contributed by atoms with van der Waals surface area (Å²) in [6.07, 6.45) is 0. The Morgan fingerprint density at radius 2 is 2.06 bits per heavy atom. The average Bonchev–Trinajstić information content (AvgIpc) is 2.24. The van der Waals surface area contributed by atoms with Crippen LogP contribution in [0.25, 0.3) is 0 Å². The molecule has 0 spiro atoms. The highest BCUT2D eigenvalue weighted by Gasteiger charge is 2.15. The molecular weight excluding hydrogens is 226 g/mol. The predicted molar refractivity (Wildman–Crippen MR) is 73.0 cm³/mol. The fourth-order valence-corrected chi connectivity index (χ4v) is 1.92. The molecule has 1 rings (SSSR count). The molecule has 0 unspecified atom stereocenters. The van der Waals surface area contributed by atoms with Crippen molar-refractivity contribution in [2.24, 2.45) is 0 Å². The van der Waals surface area contributed by atoms with E-state index < -0.39 is 5.60 Å². The molecule has 0 heterocycles. The lowest BCUT2D eigenvalue weighted by atomic mass is 10.1. The lowest BCUT2D eigenvalue weighted by Gasteiger charge is -2.25. The molecule has 1 aromatic carbocycles. The van der Waals surface area contributed by atoms with Crippen molar-refractivity contribution in [2.45, 2.75) is 26.0 Å². The highest BCUT2D eigenvalue weighted by Crippen LogP contribution is 2.10. The van der Waals surface area contributed by atoms with E-state index >= 15 is 0 Å². The second kappa shape index (κ2) is 6.55. The Balaban J connectivity index is 2.67. The first-order valence-corrected chi connectivity index (χ1v) is 6.00. The number of aliphatic hydroxyl groups is 2. The quantitative estimate of drug-likeness (QED) is 0.787. The molecule has 0 aromatic heterocycles. The topological polar surface area (TPSA) is 43.7 Å². The van der Waals surface area contributed by atoms with Crippen LogP contribution in [0, 0.1) is 11.8 Å². The molecule has 18 heavy (non-hydrogen) atoms. The fraction of sp³-hybridized carbons (Fsp3) is 0.467. The third-order valence-electron chi connectivity index (χ3n) is 2.35. The summed E-state index contributed by atoms with van der Waals surface area (Å²) in [7, 11) is 1.98. The smallest absolute Gasteiger partial charge is 0.104 e. The lowest BCUT2D eigenvalue weighted by Crippen LogP contribution is -2.35. The molecule has 0 aliphatic rings. The second-order valence-electron chi connectivity index (χ2n) is 5.14. The normalized spacial score (nSPS) is 11.2. The van der Waals surface area contributed by atoms with Crippen molar-refractivity contribution < 1.29 is 10.2 Å². The van der Waals surface area contributed by atoms with Crippen LogP contribution in [0.4, 0.5) is 0 Å². The van der Waals surface area contributed by atoms with Crippen molar-refractivity contribution in [1.82, 2.24) is 4.90 Å². The molecule has 0 aliphatic carbocycles. The highest BCUT2D eigenvalue weighted by atomic mass is 16.3. The highest BCUT2D eigenvalue weighted by molar-refractivity contribution is 5.37. The Morgan fingerprint density at radius 3 is 2.67 bits per heavy atom. The molecular formula is C15H21NO2. The lowest BCUT2D eigenvalue weighted by molar-refractivity contribution is 0.0425. The summed E-state index contributed by atoms with van der Waals surface area (Å²) < 4.78 is 0. The van der Waals surface area contributed by atoms with Gasteiger partial charge in [0.1, 0.15) is 6.61 Å². The van der Waals surface area contributed by atoms with Gasteiger partial charge in [-0.3, -0.25) is 4.90 Å². The Morgan fingerprint density at radius 1 is 1.33 bits per heavy atom. The number of aliphatic hydroxyl groups excluding tert-OH is 1. The molecule has 0 bridgehead atoms. The maximum absolute atomic E-state index is 9.75. The van der Waals surface area contributed by atoms with Gasteiger partial charge in [-0.25, -0.2) is 0 Å². The van der Waals surface area contributed by atoms with Gasteiger partial charge in [0.05, 0.1) is 5.60 Å². The Kier molecular flexibility index (Phi) is 5.36. The molecule has 3 heteroatoms. The number of hydrogen-bond donors (Lipinski definition) is 2. The summed E-state index contributed by atoms with van der Waals surface area (Å²) in [6, 6.07) is 7.91. The molecule has 1 aromatic rings. The zero-order chi connectivity index (χ0) is 13.6. The van der Waals surface area contributed by atoms with E-state index in [4.69, 9.17) is 5.11 Å². The molecule has 98 valence electrons. The van der Waals surface area contributed by atoms with E-state index in [1.165, 1.54) is 0 Å². The van der Waals surface area contributed by atoms with Crippen molar-refractivity contribution in [3.8, 4) is 11.8 Å². The van der Waals surface area contributed by atoms with Gasteiger partial charge >= 0.3 is 0 Å². The maximum atomic E-state index is 9.75. The standard InChI is InChI=1S/C15H21NO2/c1-15(2,18)12-16(3)11-14-7-4-6-13(10-14)8-5-9-17/h4,6-7,10,17-18H,9,11-12H2,1-3H3. The minimum Gasteiger partial charge on any atom is -0.389 e. The van der Waals surface area contributed by atoms with Crippen LogP contribution in [-0.4, -0.2) is 40.9 Å². The van der Waals surface area contributed by atoms with Crippen LogP contribution in [0.3, 0.4) is 0 Å². The Labute approximate surface area is 109 Å². The van der Waals surface area contributed by atoms with E-state index in [0.29, 0.717) is 6.54 Å². The molecule has 2 N–H and O–H groups in total. The molecule has 0 fully saturated rings. The van der Waals surface area contributed by atoms with Gasteiger partial charge in [-0.05, 0) is 38.6 Å². The molecule has 0 aliphatic heterocycles. The number of rotatable bonds is 4. The van der Waals surface area contributed by atoms with Gasteiger partial charge in [0.25, 0.3) is 0 Å². The largest absolute Gasteiger partial charge is 0.389 e. The summed E-state index contributed by atoms with van der Waals surface area (Å²) in [6.45, 7) is 4.85. The van der Waals surface area contributed by atoms with Gasteiger partial charge in [-0.1, -0.05) is 24.0 Å². The van der Waals surface area contributed by atoms with Crippen LogP contribution in [0.5, 0.6) is 0 Å². The summed E-state index contributed by atoms with van der Waals surface area (Å²) in [5.41, 5.74) is 1.35. The average molecular weight is 247 g/mol. The van der Waals surface area contributed by atoms with Crippen molar-refractivity contribution in [3.05, 3.63) is 35.4 Å². The summed E-state index contributed by atoms with van der Waals surface area (Å²) in [4.78, 5) is 2.07. The van der Waals surface area contributed by atoms with Crippen LogP contribution in [-0.2, 0) is 6.54 Å². The van der Waals surface area contributed by atoms with Crippen LogP contribution in [0.15, 0.2) is 24.3 Å². The molecule has 0 amide bonds. The first-order chi connectivity index (χ1) is 8.40. The van der Waals surface area contributed by atoms with Crippen LogP contribution < -0.4 is 0 Å². The zero-order valence-electron chi connectivity index (χ0n) is 11.3. The van der Waals surface area contributed by atoms with Crippen molar-refractivity contribution in [3.63, 3.8) is 0 Å². The van der Waals surface area contributed by atoms with Gasteiger partial charge in [0.2, 0.25) is 0 Å². The van der Waals surface area contributed by atoms with Gasteiger partial charge in [-0.15, -0.1) is 0 Å². The number of likely N-dealkylation sites (N-methyl/N-ethyl adjacent to an activating group) is 1. The monoisotopic (exact) mass is 247 g/mol. The summed E-state index contributed by atoms with van der Waals surface area (Å²) in [5, 5.41) is 18.4. The Hall–Kier alpha value is -1.34. The zero-order valence-corrected chi connectivity index (χ0v) is 11.3. The first kappa shape index (κ1) is 14.7. The van der Waals surface area contributed by atoms with E-state index in [1.807, 2.05) is 31.3 Å². The summed E-state index contributed by atoms with van der Waals surface area (Å²) in [5.74, 6) is 5.52. The van der Waals surface area contributed by atoms with Crippen LogP contribution >= 0.6 is 0 Å². The summed E-state index contributed by atoms with van der Waals surface area (Å²) >= 11 is 0. The van der Waals surface area contributed by atoms with E-state index in [0.717, 1.165) is 17.7 Å². The van der Waals surface area contributed by atoms with Crippen molar-refractivity contribution >= 4 is 0 Å². The number of benzene rings is 1. The second-order valence-corrected chi connectivity index (χ2v) is 5.14. The van der Waals surface area contributed by atoms with Gasteiger partial charge < -0.3 is 10.2 Å². The first-order valence-electron chi connectivity index (χ1n) is 6.00. The van der Waals surface area contributed by atoms with E-state index in [1.54, 1.807) is 13.8 Å². The SMILES string of the molecule is CN(Cc1cccc(C#CCO)c1)CC(C)(C)O. The van der Waals surface area contributed by atoms with Crippen LogP contribution in [0.1, 0.15) is 25.0 Å². The molecule has 0 saturated heterocycles. The fourth-order valence-electron chi connectivity index (χ4n) is 1.92. The van der Waals surface area contributed by atoms with Gasteiger partial charge in [-0.2, -0.15) is 0 Å². The minimum absolute atomic E-state index is 0.122. The third-order valence-corrected chi connectivity index (χ3v) is 2.35. The Bertz CT molecular complexity index is 438. The van der Waals surface area contributed by atoms with Crippen molar-refractivity contribution in [1.29, 1.82) is 0 Å². The molecule has 0 saturated carbocycles. The predicted octanol–water partition coefficient (Wildman–Crippen LogP) is 1.23. The van der Waals surface area contributed by atoms with E-state index in [9.17, 15) is 5.11 Å². The molecule has 0 radical (unpaired) electrons. The minimum atomic E-state index is -0.691.